The zero-order valence-corrected chi connectivity index (χ0v) is 22.8. The van der Waals surface area contributed by atoms with Crippen molar-refractivity contribution in [2.75, 3.05) is 27.9 Å². The van der Waals surface area contributed by atoms with E-state index < -0.39 is 25.3 Å². The molecular formula is C20H47NO4Si3. The van der Waals surface area contributed by atoms with Crippen LogP contribution in [0.3, 0.4) is 0 Å². The lowest BCUT2D eigenvalue weighted by Crippen LogP contribution is -2.54. The summed E-state index contributed by atoms with van der Waals surface area (Å²) in [5, 5.41) is 0. The summed E-state index contributed by atoms with van der Waals surface area (Å²) in [6, 6.07) is 3.75. The lowest BCUT2D eigenvalue weighted by Gasteiger charge is -2.37. The number of unbranched alkanes of at least 4 members (excludes halogenated alkanes) is 8. The number of hydrogen-bond donors (Lipinski definition) is 0. The van der Waals surface area contributed by atoms with Gasteiger partial charge in [-0.2, -0.15) is 0 Å². The highest BCUT2D eigenvalue weighted by molar-refractivity contribution is 6.94. The van der Waals surface area contributed by atoms with Gasteiger partial charge in [-0.3, -0.25) is 0 Å². The molecule has 0 aromatic heterocycles. The van der Waals surface area contributed by atoms with Gasteiger partial charge in [0.25, 0.3) is 0 Å². The zero-order chi connectivity index (χ0) is 21.1. The third-order valence-corrected chi connectivity index (χ3v) is 18.6. The molecule has 0 aliphatic carbocycles. The third kappa shape index (κ3) is 8.67. The van der Waals surface area contributed by atoms with Gasteiger partial charge in [0.05, 0.1) is 6.61 Å². The lowest BCUT2D eigenvalue weighted by atomic mass is 10.1. The summed E-state index contributed by atoms with van der Waals surface area (Å²) in [7, 11) is 0.196. The van der Waals surface area contributed by atoms with Crippen LogP contribution in [0.2, 0.25) is 44.3 Å². The van der Waals surface area contributed by atoms with E-state index in [9.17, 15) is 0 Å². The first-order chi connectivity index (χ1) is 13.2. The second kappa shape index (κ2) is 13.0. The smallest absolute Gasteiger partial charge is 0.377 e. The van der Waals surface area contributed by atoms with Gasteiger partial charge in [-0.1, -0.05) is 71.1 Å². The van der Waals surface area contributed by atoms with Crippen LogP contribution < -0.4 is 0 Å². The fourth-order valence-electron chi connectivity index (χ4n) is 4.38. The molecule has 0 saturated carbocycles. The summed E-state index contributed by atoms with van der Waals surface area (Å²) in [4.78, 5) is 6.29. The molecule has 168 valence electrons. The minimum Gasteiger partial charge on any atom is -0.377 e. The molecule has 0 N–H and O–H groups in total. The molecule has 0 spiro atoms. The molecule has 28 heavy (non-hydrogen) atoms. The number of rotatable bonds is 16. The molecule has 5 nitrogen and oxygen atoms in total. The van der Waals surface area contributed by atoms with Crippen LogP contribution in [0.25, 0.3) is 0 Å². The largest absolute Gasteiger partial charge is 0.500 e. The zero-order valence-electron chi connectivity index (χ0n) is 19.8. The Kier molecular flexibility index (Phi) is 12.3. The molecule has 1 heterocycles. The van der Waals surface area contributed by atoms with Crippen LogP contribution in [-0.4, -0.2) is 57.6 Å². The lowest BCUT2D eigenvalue weighted by molar-refractivity contribution is -0.0351. The Bertz CT molecular complexity index is 396. The molecule has 8 heteroatoms. The Morgan fingerprint density at radius 1 is 0.643 bits per heavy atom. The van der Waals surface area contributed by atoms with Crippen molar-refractivity contribution in [1.29, 1.82) is 0 Å². The Morgan fingerprint density at radius 3 is 1.46 bits per heavy atom. The normalized spacial score (nSPS) is 19.4. The van der Waals surface area contributed by atoms with Crippen molar-refractivity contribution in [3.63, 3.8) is 0 Å². The van der Waals surface area contributed by atoms with Gasteiger partial charge in [0.2, 0.25) is 0 Å². The van der Waals surface area contributed by atoms with E-state index >= 15 is 0 Å². The molecule has 1 aliphatic rings. The van der Waals surface area contributed by atoms with Gasteiger partial charge < -0.3 is 18.1 Å². The van der Waals surface area contributed by atoms with Crippen molar-refractivity contribution in [2.45, 2.75) is 102 Å². The molecule has 0 aromatic carbocycles. The fraction of sp³-hybridized carbons (Fsp3) is 1.00. The van der Waals surface area contributed by atoms with Crippen LogP contribution in [0.4, 0.5) is 0 Å². The first-order valence-corrected chi connectivity index (χ1v) is 19.6. The van der Waals surface area contributed by atoms with E-state index in [0.29, 0.717) is 0 Å². The van der Waals surface area contributed by atoms with E-state index in [1.807, 2.05) is 0 Å². The van der Waals surface area contributed by atoms with Gasteiger partial charge in [-0.25, -0.2) is 4.39 Å². The Balaban J connectivity index is 1.96. The molecule has 0 amide bonds. The maximum Gasteiger partial charge on any atom is 0.500 e. The molecule has 0 aromatic rings. The van der Waals surface area contributed by atoms with Crippen molar-refractivity contribution in [1.82, 2.24) is 4.39 Å². The van der Waals surface area contributed by atoms with Crippen molar-refractivity contribution in [3.8, 4) is 0 Å². The van der Waals surface area contributed by atoms with E-state index in [-0.39, 0.29) is 0 Å². The van der Waals surface area contributed by atoms with Gasteiger partial charge >= 0.3 is 8.80 Å². The Labute approximate surface area is 178 Å². The van der Waals surface area contributed by atoms with E-state index in [4.69, 9.17) is 18.1 Å². The standard InChI is InChI=1S/C20H47NO4Si3/c1-22-28(23-2,24-3)18-16-14-12-10-8-9-11-13-15-17-25-21-26(4,5)19-20-27(21,6)7/h8-20H2,1-7H3. The van der Waals surface area contributed by atoms with Crippen molar-refractivity contribution in [3.05, 3.63) is 0 Å². The van der Waals surface area contributed by atoms with Crippen LogP contribution in [0.1, 0.15) is 57.8 Å². The molecular weight excluding hydrogens is 402 g/mol. The summed E-state index contributed by atoms with van der Waals surface area (Å²) in [6.07, 6.45) is 11.6. The molecule has 0 unspecified atom stereocenters. The van der Waals surface area contributed by atoms with Gasteiger partial charge in [-0.05, 0) is 24.9 Å². The summed E-state index contributed by atoms with van der Waals surface area (Å²) >= 11 is 0. The maximum atomic E-state index is 6.29. The molecule has 1 fully saturated rings. The average Bonchev–Trinajstić information content (AvgIpc) is 2.88. The fourth-order valence-corrected chi connectivity index (χ4v) is 19.6. The van der Waals surface area contributed by atoms with Gasteiger partial charge in [0.1, 0.15) is 16.5 Å². The average molecular weight is 450 g/mol. The van der Waals surface area contributed by atoms with Crippen LogP contribution in [0.5, 0.6) is 0 Å². The van der Waals surface area contributed by atoms with Gasteiger partial charge in [0.15, 0.2) is 0 Å². The van der Waals surface area contributed by atoms with E-state index in [1.54, 1.807) is 21.3 Å². The first-order valence-electron chi connectivity index (χ1n) is 11.3. The SMILES string of the molecule is CO[Si](CCCCCCCCCCCON1[Si](C)(C)CC[Si]1(C)C)(OC)OC. The van der Waals surface area contributed by atoms with Crippen molar-refractivity contribution >= 4 is 25.3 Å². The molecule has 1 rings (SSSR count). The number of nitrogens with zero attached hydrogens (tertiary/aromatic N) is 1. The summed E-state index contributed by atoms with van der Waals surface area (Å²) < 4.78 is 18.9. The van der Waals surface area contributed by atoms with E-state index in [0.717, 1.165) is 19.1 Å². The van der Waals surface area contributed by atoms with Crippen LogP contribution >= 0.6 is 0 Å². The van der Waals surface area contributed by atoms with Crippen LogP contribution in [-0.2, 0) is 18.1 Å². The Hall–Kier alpha value is 0.451. The molecule has 1 saturated heterocycles. The van der Waals surface area contributed by atoms with E-state index in [2.05, 4.69) is 30.6 Å². The molecule has 0 radical (unpaired) electrons. The third-order valence-electron chi connectivity index (χ3n) is 6.23. The minimum atomic E-state index is -2.35. The highest BCUT2D eigenvalue weighted by Crippen LogP contribution is 2.37. The van der Waals surface area contributed by atoms with Crippen LogP contribution in [0, 0.1) is 0 Å². The topological polar surface area (TPSA) is 40.2 Å². The second-order valence-corrected chi connectivity index (χ2v) is 22.1. The first kappa shape index (κ1) is 26.5. The summed E-state index contributed by atoms with van der Waals surface area (Å²) in [5.41, 5.74) is 0. The second-order valence-electron chi connectivity index (χ2n) is 9.48. The van der Waals surface area contributed by atoms with Gasteiger partial charge in [-0.15, -0.1) is 0 Å². The van der Waals surface area contributed by atoms with Gasteiger partial charge in [0, 0.05) is 27.4 Å². The van der Waals surface area contributed by atoms with Crippen molar-refractivity contribution < 1.29 is 18.1 Å². The maximum absolute atomic E-state index is 6.29. The summed E-state index contributed by atoms with van der Waals surface area (Å²) in [6.45, 7) is 10.8. The molecule has 0 bridgehead atoms. The quantitative estimate of drug-likeness (QED) is 0.212. The predicted molar refractivity (Wildman–Crippen MR) is 126 cm³/mol. The Morgan fingerprint density at radius 2 is 1.04 bits per heavy atom. The predicted octanol–water partition coefficient (Wildman–Crippen LogP) is 6.03. The molecule has 1 aliphatic heterocycles. The highest BCUT2D eigenvalue weighted by atomic mass is 28.4. The minimum absolute atomic E-state index is 0.923. The van der Waals surface area contributed by atoms with E-state index in [1.165, 1.54) is 63.5 Å². The monoisotopic (exact) mass is 449 g/mol. The molecule has 0 atom stereocenters. The van der Waals surface area contributed by atoms with Crippen LogP contribution in [0.15, 0.2) is 0 Å². The summed E-state index contributed by atoms with van der Waals surface area (Å²) in [5.74, 6) is 0. The highest BCUT2D eigenvalue weighted by Gasteiger charge is 2.48. The number of hydrogen-bond acceptors (Lipinski definition) is 5. The van der Waals surface area contributed by atoms with Crippen molar-refractivity contribution in [2.24, 2.45) is 0 Å².